The fraction of sp³-hybridized carbons (Fsp3) is 0.556. The molecule has 2 aliphatic carbocycles. The lowest BCUT2D eigenvalue weighted by atomic mass is 10.0. The second-order valence-electron chi connectivity index (χ2n) is 6.90. The molecule has 3 aliphatic rings. The highest BCUT2D eigenvalue weighted by Gasteiger charge is 2.45. The third-order valence-corrected chi connectivity index (χ3v) is 5.14. The second-order valence-corrected chi connectivity index (χ2v) is 6.90. The first kappa shape index (κ1) is 14.5. The molecule has 3 fully saturated rings. The number of nitrogens with zero attached hydrogens (tertiary/aromatic N) is 2. The number of benzene rings is 1. The molecule has 1 heterocycles. The quantitative estimate of drug-likeness (QED) is 0.839. The molecule has 5 heteroatoms. The maximum Gasteiger partial charge on any atom is 0.414 e. The summed E-state index contributed by atoms with van der Waals surface area (Å²) < 4.78 is 4.98. The van der Waals surface area contributed by atoms with Crippen LogP contribution in [0.25, 0.3) is 0 Å². The van der Waals surface area contributed by atoms with Gasteiger partial charge in [0.15, 0.2) is 0 Å². The number of anilines is 1. The van der Waals surface area contributed by atoms with Crippen LogP contribution in [0.3, 0.4) is 0 Å². The molecule has 1 saturated heterocycles. The fourth-order valence-electron chi connectivity index (χ4n) is 3.67. The fourth-order valence-corrected chi connectivity index (χ4v) is 3.67. The predicted molar refractivity (Wildman–Crippen MR) is 86.5 cm³/mol. The second kappa shape index (κ2) is 5.55. The van der Waals surface area contributed by atoms with Crippen LogP contribution in [0.1, 0.15) is 36.0 Å². The first-order valence-electron chi connectivity index (χ1n) is 8.46. The van der Waals surface area contributed by atoms with Crippen LogP contribution >= 0.6 is 0 Å². The van der Waals surface area contributed by atoms with E-state index >= 15 is 0 Å². The summed E-state index contributed by atoms with van der Waals surface area (Å²) >= 11 is 0. The minimum atomic E-state index is -0.336. The number of amides is 2. The molecule has 4 rings (SSSR count). The molecule has 0 N–H and O–H groups in total. The van der Waals surface area contributed by atoms with Crippen LogP contribution < -0.4 is 4.90 Å². The Bertz CT molecular complexity index is 625. The number of carbonyl (C=O) groups is 2. The van der Waals surface area contributed by atoms with Crippen LogP contribution in [-0.4, -0.2) is 43.1 Å². The van der Waals surface area contributed by atoms with Gasteiger partial charge in [-0.25, -0.2) is 4.79 Å². The van der Waals surface area contributed by atoms with E-state index in [4.69, 9.17) is 4.74 Å². The zero-order chi connectivity index (χ0) is 16.0. The number of hydrogen-bond donors (Lipinski definition) is 0. The Balaban J connectivity index is 1.54. The smallest absolute Gasteiger partial charge is 0.414 e. The Morgan fingerprint density at radius 2 is 1.96 bits per heavy atom. The first-order valence-corrected chi connectivity index (χ1v) is 8.46. The summed E-state index contributed by atoms with van der Waals surface area (Å²) in [5.41, 5.74) is 1.39. The summed E-state index contributed by atoms with van der Waals surface area (Å²) in [7, 11) is 1.93. The summed E-state index contributed by atoms with van der Waals surface area (Å²) in [6, 6.07) is 7.72. The van der Waals surface area contributed by atoms with Crippen LogP contribution in [0.15, 0.2) is 24.3 Å². The number of cyclic esters (lactones) is 1. The highest BCUT2D eigenvalue weighted by atomic mass is 16.6. The van der Waals surface area contributed by atoms with Gasteiger partial charge in [-0.1, -0.05) is 6.07 Å². The number of ether oxygens (including phenoxy) is 1. The van der Waals surface area contributed by atoms with Crippen molar-refractivity contribution in [3.63, 3.8) is 0 Å². The van der Waals surface area contributed by atoms with Gasteiger partial charge in [-0.15, -0.1) is 0 Å². The third-order valence-electron chi connectivity index (χ3n) is 5.14. The Morgan fingerprint density at radius 3 is 2.52 bits per heavy atom. The highest BCUT2D eigenvalue weighted by Crippen LogP contribution is 2.47. The van der Waals surface area contributed by atoms with E-state index in [0.29, 0.717) is 36.6 Å². The molecule has 1 aromatic carbocycles. The summed E-state index contributed by atoms with van der Waals surface area (Å²) in [6.45, 7) is 0.946. The summed E-state index contributed by atoms with van der Waals surface area (Å²) in [5, 5.41) is 0. The Labute approximate surface area is 136 Å². The molecule has 0 radical (unpaired) electrons. The molecule has 5 nitrogen and oxygen atoms in total. The molecule has 0 spiro atoms. The Morgan fingerprint density at radius 1 is 1.26 bits per heavy atom. The van der Waals surface area contributed by atoms with E-state index in [-0.39, 0.29) is 12.0 Å². The van der Waals surface area contributed by atoms with Crippen LogP contribution in [0.5, 0.6) is 0 Å². The van der Waals surface area contributed by atoms with Crippen molar-refractivity contribution in [2.24, 2.45) is 11.8 Å². The van der Waals surface area contributed by atoms with Crippen molar-refractivity contribution in [1.29, 1.82) is 0 Å². The lowest BCUT2D eigenvalue weighted by Gasteiger charge is -2.29. The zero-order valence-electron chi connectivity index (χ0n) is 13.4. The average Bonchev–Trinajstić information content (AvgIpc) is 3.48. The number of rotatable bonds is 5. The van der Waals surface area contributed by atoms with Crippen molar-refractivity contribution in [2.75, 3.05) is 25.1 Å². The van der Waals surface area contributed by atoms with Gasteiger partial charge in [0.05, 0.1) is 6.54 Å². The van der Waals surface area contributed by atoms with Crippen molar-refractivity contribution in [3.8, 4) is 0 Å². The van der Waals surface area contributed by atoms with E-state index in [1.54, 1.807) is 4.90 Å². The van der Waals surface area contributed by atoms with E-state index < -0.39 is 0 Å². The third kappa shape index (κ3) is 2.80. The maximum absolute atomic E-state index is 12.9. The molecule has 2 amide bonds. The van der Waals surface area contributed by atoms with Gasteiger partial charge in [0.1, 0.15) is 6.61 Å². The lowest BCUT2D eigenvalue weighted by Crippen LogP contribution is -2.40. The largest absolute Gasteiger partial charge is 0.447 e. The van der Waals surface area contributed by atoms with Crippen molar-refractivity contribution in [3.05, 3.63) is 29.8 Å². The van der Waals surface area contributed by atoms with Crippen molar-refractivity contribution in [2.45, 2.75) is 31.7 Å². The van der Waals surface area contributed by atoms with E-state index in [2.05, 4.69) is 0 Å². The normalized spacial score (nSPS) is 20.8. The van der Waals surface area contributed by atoms with E-state index in [1.807, 2.05) is 36.2 Å². The van der Waals surface area contributed by atoms with Crippen LogP contribution in [0.4, 0.5) is 10.5 Å². The first-order chi connectivity index (χ1) is 11.1. The standard InChI is InChI=1S/C18H22N2O3/c1-19(16(12-5-6-12)13-7-8-13)17(21)14-3-2-4-15(11-14)20-9-10-23-18(20)22/h2-4,11-13,16H,5-10H2,1H3. The monoisotopic (exact) mass is 314 g/mol. The van der Waals surface area contributed by atoms with E-state index in [0.717, 1.165) is 5.69 Å². The van der Waals surface area contributed by atoms with Gasteiger partial charge in [-0.2, -0.15) is 0 Å². The summed E-state index contributed by atoms with van der Waals surface area (Å²) in [5.74, 6) is 1.43. The molecule has 0 atom stereocenters. The van der Waals surface area contributed by atoms with Crippen LogP contribution in [0.2, 0.25) is 0 Å². The average molecular weight is 314 g/mol. The molecular formula is C18H22N2O3. The van der Waals surface area contributed by atoms with Gasteiger partial charge < -0.3 is 9.64 Å². The van der Waals surface area contributed by atoms with Gasteiger partial charge in [0, 0.05) is 24.3 Å². The van der Waals surface area contributed by atoms with Crippen LogP contribution in [0, 0.1) is 11.8 Å². The maximum atomic E-state index is 12.9. The molecule has 0 bridgehead atoms. The molecule has 0 unspecified atom stereocenters. The van der Waals surface area contributed by atoms with Gasteiger partial charge in [0.2, 0.25) is 0 Å². The van der Waals surface area contributed by atoms with Gasteiger partial charge in [0.25, 0.3) is 5.91 Å². The zero-order valence-corrected chi connectivity index (χ0v) is 13.4. The molecule has 0 aromatic heterocycles. The lowest BCUT2D eigenvalue weighted by molar-refractivity contribution is 0.0690. The minimum Gasteiger partial charge on any atom is -0.447 e. The highest BCUT2D eigenvalue weighted by molar-refractivity contribution is 5.97. The van der Waals surface area contributed by atoms with Crippen molar-refractivity contribution < 1.29 is 14.3 Å². The van der Waals surface area contributed by atoms with Gasteiger partial charge in [-0.3, -0.25) is 9.69 Å². The van der Waals surface area contributed by atoms with Crippen LogP contribution in [-0.2, 0) is 4.74 Å². The summed E-state index contributed by atoms with van der Waals surface area (Å²) in [4.78, 5) is 28.1. The van der Waals surface area contributed by atoms with E-state index in [9.17, 15) is 9.59 Å². The number of hydrogen-bond acceptors (Lipinski definition) is 3. The summed E-state index contributed by atoms with van der Waals surface area (Å²) in [6.07, 6.45) is 4.66. The molecule has 1 aliphatic heterocycles. The predicted octanol–water partition coefficient (Wildman–Crippen LogP) is 2.90. The molecule has 122 valence electrons. The van der Waals surface area contributed by atoms with Gasteiger partial charge in [-0.05, 0) is 55.7 Å². The molecular weight excluding hydrogens is 292 g/mol. The molecule has 2 saturated carbocycles. The Hall–Kier alpha value is -2.04. The van der Waals surface area contributed by atoms with Crippen molar-refractivity contribution >= 4 is 17.7 Å². The Kier molecular flexibility index (Phi) is 3.51. The molecule has 1 aromatic rings. The van der Waals surface area contributed by atoms with E-state index in [1.165, 1.54) is 25.7 Å². The van der Waals surface area contributed by atoms with Gasteiger partial charge >= 0.3 is 6.09 Å². The SMILES string of the molecule is CN(C(=O)c1cccc(N2CCOC2=O)c1)C(C1CC1)C1CC1. The van der Waals surface area contributed by atoms with Crippen molar-refractivity contribution in [1.82, 2.24) is 4.90 Å². The number of carbonyl (C=O) groups excluding carboxylic acids is 2. The topological polar surface area (TPSA) is 49.9 Å². The minimum absolute atomic E-state index is 0.0585. The molecule has 23 heavy (non-hydrogen) atoms.